The van der Waals surface area contributed by atoms with E-state index in [2.05, 4.69) is 12.2 Å². The van der Waals surface area contributed by atoms with Crippen molar-refractivity contribution in [2.24, 2.45) is 29.1 Å². The number of hydrogen-bond acceptors (Lipinski definition) is 2. The van der Waals surface area contributed by atoms with Crippen molar-refractivity contribution in [3.8, 4) is 0 Å². The van der Waals surface area contributed by atoms with E-state index in [9.17, 15) is 9.59 Å². The average Bonchev–Trinajstić information content (AvgIpc) is 3.28. The highest BCUT2D eigenvalue weighted by Gasteiger charge is 2.53. The van der Waals surface area contributed by atoms with E-state index in [1.54, 1.807) is 0 Å². The first-order chi connectivity index (χ1) is 11.5. The normalized spacial score (nSPS) is 44.9. The van der Waals surface area contributed by atoms with Crippen LogP contribution in [-0.2, 0) is 9.59 Å². The smallest absolute Gasteiger partial charge is 0.225 e. The second-order valence-corrected chi connectivity index (χ2v) is 9.69. The summed E-state index contributed by atoms with van der Waals surface area (Å²) in [6, 6.07) is 0.708. The molecule has 6 fully saturated rings. The van der Waals surface area contributed by atoms with Gasteiger partial charge in [-0.1, -0.05) is 0 Å². The largest absolute Gasteiger partial charge is 0.353 e. The zero-order chi connectivity index (χ0) is 16.5. The molecule has 4 heteroatoms. The summed E-state index contributed by atoms with van der Waals surface area (Å²) in [5, 5.41) is 3.36. The molecular formula is C20H30N2O2. The van der Waals surface area contributed by atoms with Gasteiger partial charge in [0, 0.05) is 25.0 Å². The van der Waals surface area contributed by atoms with Crippen molar-refractivity contribution < 1.29 is 9.59 Å². The van der Waals surface area contributed by atoms with Crippen LogP contribution in [-0.4, -0.2) is 35.3 Å². The molecule has 0 aromatic carbocycles. The van der Waals surface area contributed by atoms with Gasteiger partial charge in [-0.15, -0.1) is 0 Å². The molecule has 5 aliphatic carbocycles. The van der Waals surface area contributed by atoms with E-state index in [0.29, 0.717) is 24.4 Å². The summed E-state index contributed by atoms with van der Waals surface area (Å²) in [4.78, 5) is 26.9. The fourth-order valence-corrected chi connectivity index (χ4v) is 6.84. The topological polar surface area (TPSA) is 49.4 Å². The summed E-state index contributed by atoms with van der Waals surface area (Å²) in [5.41, 5.74) is 0.350. The molecule has 0 radical (unpaired) electrons. The van der Waals surface area contributed by atoms with Crippen LogP contribution in [0.5, 0.6) is 0 Å². The lowest BCUT2D eigenvalue weighted by Crippen LogP contribution is -2.56. The monoisotopic (exact) mass is 330 g/mol. The van der Waals surface area contributed by atoms with Crippen LogP contribution in [0.4, 0.5) is 0 Å². The van der Waals surface area contributed by atoms with Gasteiger partial charge in [0.05, 0.1) is 5.92 Å². The Labute approximate surface area is 144 Å². The Hall–Kier alpha value is -1.06. The number of carbonyl (C=O) groups excluding carboxylic acids is 2. The van der Waals surface area contributed by atoms with Crippen LogP contribution < -0.4 is 5.32 Å². The van der Waals surface area contributed by atoms with Crippen molar-refractivity contribution in [3.63, 3.8) is 0 Å². The van der Waals surface area contributed by atoms with Crippen molar-refractivity contribution in [2.75, 3.05) is 6.54 Å². The van der Waals surface area contributed by atoms with Crippen molar-refractivity contribution in [2.45, 2.75) is 76.8 Å². The van der Waals surface area contributed by atoms with Crippen LogP contribution in [0.1, 0.15) is 64.7 Å². The predicted octanol–water partition coefficient (Wildman–Crippen LogP) is 2.72. The number of nitrogens with zero attached hydrogens (tertiary/aromatic N) is 1. The minimum Gasteiger partial charge on any atom is -0.353 e. The highest BCUT2D eigenvalue weighted by atomic mass is 16.2. The highest BCUT2D eigenvalue weighted by molar-refractivity contribution is 5.89. The van der Waals surface area contributed by atoms with Crippen LogP contribution in [0, 0.1) is 29.1 Å². The molecule has 2 amide bonds. The highest BCUT2D eigenvalue weighted by Crippen LogP contribution is 2.61. The summed E-state index contributed by atoms with van der Waals surface area (Å²) in [7, 11) is 0. The molecule has 4 bridgehead atoms. The van der Waals surface area contributed by atoms with E-state index in [1.165, 1.54) is 38.5 Å². The van der Waals surface area contributed by atoms with Crippen LogP contribution in [0.3, 0.4) is 0 Å². The third kappa shape index (κ3) is 2.40. The third-order valence-corrected chi connectivity index (χ3v) is 7.88. The summed E-state index contributed by atoms with van der Waals surface area (Å²) < 4.78 is 0. The number of amides is 2. The zero-order valence-corrected chi connectivity index (χ0v) is 14.8. The zero-order valence-electron chi connectivity index (χ0n) is 14.8. The Morgan fingerprint density at radius 2 is 1.71 bits per heavy atom. The minimum absolute atomic E-state index is 0.116. The Morgan fingerprint density at radius 3 is 2.25 bits per heavy atom. The molecule has 5 saturated carbocycles. The van der Waals surface area contributed by atoms with Crippen LogP contribution in [0.15, 0.2) is 0 Å². The second kappa shape index (κ2) is 5.22. The van der Waals surface area contributed by atoms with Crippen molar-refractivity contribution in [1.29, 1.82) is 0 Å². The van der Waals surface area contributed by atoms with E-state index in [-0.39, 0.29) is 23.8 Å². The van der Waals surface area contributed by atoms with Crippen LogP contribution in [0.25, 0.3) is 0 Å². The summed E-state index contributed by atoms with van der Waals surface area (Å²) in [6.07, 6.45) is 11.0. The first-order valence-corrected chi connectivity index (χ1v) is 10.1. The summed E-state index contributed by atoms with van der Waals surface area (Å²) in [5.74, 6) is 2.95. The number of likely N-dealkylation sites (tertiary alicyclic amines) is 1. The number of nitrogens with one attached hydrogen (secondary N) is 1. The van der Waals surface area contributed by atoms with Gasteiger partial charge in [0.15, 0.2) is 0 Å². The maximum Gasteiger partial charge on any atom is 0.225 e. The molecular weight excluding hydrogens is 300 g/mol. The first kappa shape index (κ1) is 15.2. The molecule has 0 aromatic rings. The number of carbonyl (C=O) groups is 2. The lowest BCUT2D eigenvalue weighted by atomic mass is 9.48. The quantitative estimate of drug-likeness (QED) is 0.861. The Bertz CT molecular complexity index is 533. The van der Waals surface area contributed by atoms with Gasteiger partial charge in [0.25, 0.3) is 0 Å². The standard InChI is InChI=1S/C20H30N2O2/c1-12(20-8-13-4-14(9-20)6-15(5-13)10-20)21-19(24)16-7-18(23)22(11-16)17-2-3-17/h12-17H,2-11H2,1H3,(H,21,24)/t12-,13?,14?,15?,16-,20?/m0/s1. The van der Waals surface area contributed by atoms with E-state index in [0.717, 1.165) is 30.6 Å². The Kier molecular flexibility index (Phi) is 3.31. The fourth-order valence-electron chi connectivity index (χ4n) is 6.84. The maximum atomic E-state index is 12.8. The number of rotatable bonds is 4. The molecule has 0 spiro atoms. The molecule has 1 saturated heterocycles. The molecule has 6 rings (SSSR count). The van der Waals surface area contributed by atoms with Crippen LogP contribution >= 0.6 is 0 Å². The summed E-state index contributed by atoms with van der Waals surface area (Å²) in [6.45, 7) is 2.89. The van der Waals surface area contributed by atoms with Crippen molar-refractivity contribution >= 4 is 11.8 Å². The fraction of sp³-hybridized carbons (Fsp3) is 0.900. The lowest BCUT2D eigenvalue weighted by Gasteiger charge is -2.59. The molecule has 1 aliphatic heterocycles. The third-order valence-electron chi connectivity index (χ3n) is 7.88. The predicted molar refractivity (Wildman–Crippen MR) is 91.1 cm³/mol. The minimum atomic E-state index is -0.116. The molecule has 6 aliphatic rings. The van der Waals surface area contributed by atoms with Crippen molar-refractivity contribution in [3.05, 3.63) is 0 Å². The van der Waals surface area contributed by atoms with Gasteiger partial charge in [0.2, 0.25) is 11.8 Å². The van der Waals surface area contributed by atoms with E-state index < -0.39 is 0 Å². The van der Waals surface area contributed by atoms with Crippen molar-refractivity contribution in [1.82, 2.24) is 10.2 Å². The van der Waals surface area contributed by atoms with E-state index >= 15 is 0 Å². The van der Waals surface area contributed by atoms with Gasteiger partial charge in [-0.3, -0.25) is 9.59 Å². The van der Waals surface area contributed by atoms with Gasteiger partial charge in [0.1, 0.15) is 0 Å². The van der Waals surface area contributed by atoms with Crippen LogP contribution in [0.2, 0.25) is 0 Å². The SMILES string of the molecule is C[C@H](NC(=O)[C@H]1CC(=O)N(C2CC2)C1)C12CC3CC(CC(C3)C1)C2. The molecule has 0 aromatic heterocycles. The van der Waals surface area contributed by atoms with Gasteiger partial charge in [-0.05, 0) is 81.5 Å². The molecule has 1 N–H and O–H groups in total. The van der Waals surface area contributed by atoms with E-state index in [1.807, 2.05) is 4.90 Å². The number of hydrogen-bond donors (Lipinski definition) is 1. The molecule has 2 atom stereocenters. The molecule has 24 heavy (non-hydrogen) atoms. The van der Waals surface area contributed by atoms with Gasteiger partial charge >= 0.3 is 0 Å². The molecule has 4 nitrogen and oxygen atoms in total. The molecule has 132 valence electrons. The van der Waals surface area contributed by atoms with E-state index in [4.69, 9.17) is 0 Å². The average molecular weight is 330 g/mol. The first-order valence-electron chi connectivity index (χ1n) is 10.1. The Balaban J connectivity index is 1.24. The van der Waals surface area contributed by atoms with Gasteiger partial charge < -0.3 is 10.2 Å². The molecule has 0 unspecified atom stereocenters. The summed E-state index contributed by atoms with van der Waals surface area (Å²) >= 11 is 0. The maximum absolute atomic E-state index is 12.8. The molecule has 1 heterocycles. The Morgan fingerprint density at radius 1 is 1.12 bits per heavy atom. The second-order valence-electron chi connectivity index (χ2n) is 9.69. The van der Waals surface area contributed by atoms with Gasteiger partial charge in [-0.25, -0.2) is 0 Å². The van der Waals surface area contributed by atoms with Gasteiger partial charge in [-0.2, -0.15) is 0 Å². The lowest BCUT2D eigenvalue weighted by molar-refractivity contribution is -0.131.